The van der Waals surface area contributed by atoms with Crippen LogP contribution in [0.4, 0.5) is 5.69 Å². The maximum Gasteiger partial charge on any atom is 0.0777 e. The summed E-state index contributed by atoms with van der Waals surface area (Å²) in [6.45, 7) is 0.578. The molecule has 0 spiro atoms. The first-order valence-corrected chi connectivity index (χ1v) is 7.54. The van der Waals surface area contributed by atoms with Crippen molar-refractivity contribution >= 4 is 16.6 Å². The number of fused-ring (bicyclic) bond motifs is 1. The lowest BCUT2D eigenvalue weighted by molar-refractivity contribution is -0.0360. The largest absolute Gasteiger partial charge is 0.398 e. The molecule has 2 aromatic rings. The number of benzene rings is 1. The summed E-state index contributed by atoms with van der Waals surface area (Å²) in [5.41, 5.74) is 8.80. The third-order valence-corrected chi connectivity index (χ3v) is 4.27. The number of anilines is 1. The van der Waals surface area contributed by atoms with Gasteiger partial charge in [0.2, 0.25) is 0 Å². The molecule has 21 heavy (non-hydrogen) atoms. The Balaban J connectivity index is 1.72. The molecule has 112 valence electrons. The highest BCUT2D eigenvalue weighted by atomic mass is 16.5. The molecule has 0 aliphatic heterocycles. The van der Waals surface area contributed by atoms with Gasteiger partial charge < -0.3 is 15.2 Å². The van der Waals surface area contributed by atoms with Crippen LogP contribution in [0.3, 0.4) is 0 Å². The van der Waals surface area contributed by atoms with Crippen LogP contribution in [0, 0.1) is 0 Å². The number of rotatable bonds is 4. The van der Waals surface area contributed by atoms with Gasteiger partial charge in [0.25, 0.3) is 0 Å². The minimum Gasteiger partial charge on any atom is -0.398 e. The van der Waals surface area contributed by atoms with E-state index in [2.05, 4.69) is 4.98 Å². The summed E-state index contributed by atoms with van der Waals surface area (Å²) in [5, 5.41) is 0.997. The number of hydrogen-bond donors (Lipinski definition) is 1. The van der Waals surface area contributed by atoms with Gasteiger partial charge in [0.1, 0.15) is 0 Å². The van der Waals surface area contributed by atoms with Crippen LogP contribution in [0.15, 0.2) is 30.5 Å². The lowest BCUT2D eigenvalue weighted by atomic mass is 9.95. The second kappa shape index (κ2) is 6.41. The Kier molecular flexibility index (Phi) is 4.36. The normalized spacial score (nSPS) is 22.5. The van der Waals surface area contributed by atoms with E-state index < -0.39 is 0 Å². The van der Waals surface area contributed by atoms with E-state index in [0.29, 0.717) is 12.7 Å². The van der Waals surface area contributed by atoms with E-state index in [1.54, 1.807) is 13.3 Å². The molecule has 3 rings (SSSR count). The molecule has 4 heteroatoms. The summed E-state index contributed by atoms with van der Waals surface area (Å²) in [6, 6.07) is 7.86. The van der Waals surface area contributed by atoms with Crippen LogP contribution in [0.1, 0.15) is 31.2 Å². The monoisotopic (exact) mass is 286 g/mol. The van der Waals surface area contributed by atoms with Gasteiger partial charge in [0.15, 0.2) is 0 Å². The summed E-state index contributed by atoms with van der Waals surface area (Å²) in [5.74, 6) is 0. The lowest BCUT2D eigenvalue weighted by Gasteiger charge is -2.28. The fraction of sp³-hybridized carbons (Fsp3) is 0.471. The Morgan fingerprint density at radius 2 is 2.10 bits per heavy atom. The molecule has 0 amide bonds. The molecule has 1 aliphatic carbocycles. The second-order valence-electron chi connectivity index (χ2n) is 5.67. The molecular formula is C17H22N2O2. The topological polar surface area (TPSA) is 57.4 Å². The van der Waals surface area contributed by atoms with Crippen LogP contribution >= 0.6 is 0 Å². The Morgan fingerprint density at radius 3 is 2.95 bits per heavy atom. The Bertz CT molecular complexity index is 615. The molecule has 1 heterocycles. The average molecular weight is 286 g/mol. The fourth-order valence-electron chi connectivity index (χ4n) is 3.04. The lowest BCUT2D eigenvalue weighted by Crippen LogP contribution is -2.27. The van der Waals surface area contributed by atoms with Crippen molar-refractivity contribution in [2.45, 2.75) is 44.5 Å². The first kappa shape index (κ1) is 14.3. The van der Waals surface area contributed by atoms with E-state index in [1.165, 1.54) is 6.42 Å². The van der Waals surface area contributed by atoms with Gasteiger partial charge in [-0.3, -0.25) is 4.98 Å². The Hall–Kier alpha value is -1.65. The number of hydrogen-bond acceptors (Lipinski definition) is 4. The standard InChI is InChI=1S/C17H22N2O2/c1-20-13-4-2-5-14(10-13)21-11-12-7-8-16(18)15-6-3-9-19-17(12)15/h3,6-9,13-14H,2,4-5,10-11,18H2,1H3. The van der Waals surface area contributed by atoms with E-state index in [-0.39, 0.29) is 6.10 Å². The van der Waals surface area contributed by atoms with E-state index >= 15 is 0 Å². The third-order valence-electron chi connectivity index (χ3n) is 4.27. The first-order chi connectivity index (χ1) is 10.3. The molecule has 2 atom stereocenters. The number of methoxy groups -OCH3 is 1. The molecule has 4 nitrogen and oxygen atoms in total. The minimum atomic E-state index is 0.278. The highest BCUT2D eigenvalue weighted by Crippen LogP contribution is 2.26. The Labute approximate surface area is 125 Å². The number of nitrogens with two attached hydrogens (primary N) is 1. The van der Waals surface area contributed by atoms with Gasteiger partial charge in [-0.15, -0.1) is 0 Å². The van der Waals surface area contributed by atoms with Crippen molar-refractivity contribution in [3.63, 3.8) is 0 Å². The quantitative estimate of drug-likeness (QED) is 0.876. The molecule has 0 radical (unpaired) electrons. The second-order valence-corrected chi connectivity index (χ2v) is 5.67. The van der Waals surface area contributed by atoms with Crippen molar-refractivity contribution in [2.75, 3.05) is 12.8 Å². The van der Waals surface area contributed by atoms with Crippen LogP contribution in [0.2, 0.25) is 0 Å². The van der Waals surface area contributed by atoms with Gasteiger partial charge >= 0.3 is 0 Å². The minimum absolute atomic E-state index is 0.278. The number of nitrogens with zero attached hydrogens (tertiary/aromatic N) is 1. The number of nitrogen functional groups attached to an aromatic ring is 1. The van der Waals surface area contributed by atoms with Gasteiger partial charge in [0.05, 0.1) is 24.3 Å². The van der Waals surface area contributed by atoms with Crippen LogP contribution < -0.4 is 5.73 Å². The first-order valence-electron chi connectivity index (χ1n) is 7.54. The zero-order valence-electron chi connectivity index (χ0n) is 12.4. The van der Waals surface area contributed by atoms with Crippen molar-refractivity contribution in [1.82, 2.24) is 4.98 Å². The molecule has 1 fully saturated rings. The van der Waals surface area contributed by atoms with Gasteiger partial charge in [-0.1, -0.05) is 6.07 Å². The van der Waals surface area contributed by atoms with Crippen molar-refractivity contribution in [2.24, 2.45) is 0 Å². The van der Waals surface area contributed by atoms with Gasteiger partial charge in [-0.2, -0.15) is 0 Å². The van der Waals surface area contributed by atoms with E-state index in [1.807, 2.05) is 24.3 Å². The molecule has 2 unspecified atom stereocenters. The van der Waals surface area contributed by atoms with Gasteiger partial charge in [0, 0.05) is 29.9 Å². The van der Waals surface area contributed by atoms with Crippen molar-refractivity contribution in [3.8, 4) is 0 Å². The van der Waals surface area contributed by atoms with Crippen LogP contribution in [0.25, 0.3) is 10.9 Å². The molecule has 1 saturated carbocycles. The molecule has 2 N–H and O–H groups in total. The van der Waals surface area contributed by atoms with Crippen molar-refractivity contribution in [1.29, 1.82) is 0 Å². The maximum atomic E-state index is 6.09. The van der Waals surface area contributed by atoms with Crippen LogP contribution in [-0.4, -0.2) is 24.3 Å². The van der Waals surface area contributed by atoms with Gasteiger partial charge in [-0.25, -0.2) is 0 Å². The van der Waals surface area contributed by atoms with Crippen LogP contribution in [0.5, 0.6) is 0 Å². The molecule has 1 aromatic heterocycles. The summed E-state index contributed by atoms with van der Waals surface area (Å²) >= 11 is 0. The molecule has 1 aliphatic rings. The molecule has 0 bridgehead atoms. The number of aromatic nitrogens is 1. The van der Waals surface area contributed by atoms with Crippen molar-refractivity contribution in [3.05, 3.63) is 36.0 Å². The fourth-order valence-corrected chi connectivity index (χ4v) is 3.04. The highest BCUT2D eigenvalue weighted by molar-refractivity contribution is 5.92. The third kappa shape index (κ3) is 3.17. The smallest absolute Gasteiger partial charge is 0.0777 e. The summed E-state index contributed by atoms with van der Waals surface area (Å²) < 4.78 is 11.5. The van der Waals surface area contributed by atoms with E-state index in [9.17, 15) is 0 Å². The SMILES string of the molecule is COC1CCCC(OCc2ccc(N)c3cccnc23)C1. The Morgan fingerprint density at radius 1 is 1.24 bits per heavy atom. The molecule has 0 saturated heterocycles. The summed E-state index contributed by atoms with van der Waals surface area (Å²) in [6.07, 6.45) is 6.82. The van der Waals surface area contributed by atoms with E-state index in [0.717, 1.165) is 41.4 Å². The zero-order chi connectivity index (χ0) is 14.7. The predicted octanol–water partition coefficient (Wildman–Crippen LogP) is 3.29. The number of ether oxygens (including phenoxy) is 2. The van der Waals surface area contributed by atoms with E-state index in [4.69, 9.17) is 15.2 Å². The number of pyridine rings is 1. The average Bonchev–Trinajstić information content (AvgIpc) is 2.55. The highest BCUT2D eigenvalue weighted by Gasteiger charge is 2.22. The van der Waals surface area contributed by atoms with Crippen molar-refractivity contribution < 1.29 is 9.47 Å². The molecular weight excluding hydrogens is 264 g/mol. The zero-order valence-corrected chi connectivity index (χ0v) is 12.4. The predicted molar refractivity (Wildman–Crippen MR) is 84.0 cm³/mol. The summed E-state index contributed by atoms with van der Waals surface area (Å²) in [7, 11) is 1.78. The summed E-state index contributed by atoms with van der Waals surface area (Å²) in [4.78, 5) is 4.45. The molecule has 1 aromatic carbocycles. The maximum absolute atomic E-state index is 6.09. The van der Waals surface area contributed by atoms with Crippen LogP contribution in [-0.2, 0) is 16.1 Å². The van der Waals surface area contributed by atoms with Gasteiger partial charge in [-0.05, 0) is 43.9 Å².